The lowest BCUT2D eigenvalue weighted by atomic mass is 9.86. The van der Waals surface area contributed by atoms with E-state index in [0.717, 1.165) is 70.1 Å². The Kier molecular flexibility index (Phi) is 6.08. The molecule has 0 aliphatic carbocycles. The summed E-state index contributed by atoms with van der Waals surface area (Å²) >= 11 is 0. The molecule has 2 saturated heterocycles. The van der Waals surface area contributed by atoms with Gasteiger partial charge in [0.05, 0.1) is 18.9 Å². The average molecular weight is 373 g/mol. The number of pyridine rings is 1. The van der Waals surface area contributed by atoms with Crippen LogP contribution in [0.25, 0.3) is 5.65 Å². The Morgan fingerprint density at radius 2 is 2.04 bits per heavy atom. The fraction of sp³-hybridized carbons (Fsp3) is 0.667. The van der Waals surface area contributed by atoms with Gasteiger partial charge in [0, 0.05) is 57.8 Å². The van der Waals surface area contributed by atoms with E-state index in [0.29, 0.717) is 12.0 Å². The molecular weight excluding hydrogens is 340 g/mol. The third kappa shape index (κ3) is 4.51. The van der Waals surface area contributed by atoms with Gasteiger partial charge >= 0.3 is 0 Å². The fourth-order valence-corrected chi connectivity index (χ4v) is 4.73. The minimum Gasteiger partial charge on any atom is -0.396 e. The SMILES string of the molecule is Cc1ccc2nc(CN3CC[C@H](N4CCOCC4)[C@H](CCCO)C3)cn2c1. The summed E-state index contributed by atoms with van der Waals surface area (Å²) in [6.07, 6.45) is 7.49. The number of rotatable bonds is 6. The van der Waals surface area contributed by atoms with Gasteiger partial charge < -0.3 is 14.2 Å². The zero-order valence-corrected chi connectivity index (χ0v) is 16.4. The number of aliphatic hydroxyl groups excluding tert-OH is 1. The maximum absolute atomic E-state index is 9.34. The summed E-state index contributed by atoms with van der Waals surface area (Å²) in [7, 11) is 0. The Hall–Kier alpha value is -1.47. The molecule has 6 nitrogen and oxygen atoms in total. The van der Waals surface area contributed by atoms with E-state index < -0.39 is 0 Å². The normalized spacial score (nSPS) is 25.3. The number of aryl methyl sites for hydroxylation is 1. The summed E-state index contributed by atoms with van der Waals surface area (Å²) in [5, 5.41) is 9.34. The van der Waals surface area contributed by atoms with Gasteiger partial charge in [-0.3, -0.25) is 9.80 Å². The Bertz CT molecular complexity index is 741. The molecule has 0 radical (unpaired) electrons. The highest BCUT2D eigenvalue weighted by molar-refractivity contribution is 5.41. The third-order valence-electron chi connectivity index (χ3n) is 6.06. The maximum Gasteiger partial charge on any atom is 0.137 e. The van der Waals surface area contributed by atoms with Crippen molar-refractivity contribution < 1.29 is 9.84 Å². The number of piperidine rings is 1. The summed E-state index contributed by atoms with van der Waals surface area (Å²) in [4.78, 5) is 9.97. The van der Waals surface area contributed by atoms with Crippen LogP contribution in [-0.2, 0) is 11.3 Å². The Morgan fingerprint density at radius 3 is 2.85 bits per heavy atom. The van der Waals surface area contributed by atoms with Crippen molar-refractivity contribution in [3.05, 3.63) is 35.8 Å². The zero-order valence-electron chi connectivity index (χ0n) is 16.4. The van der Waals surface area contributed by atoms with Crippen molar-refractivity contribution in [2.24, 2.45) is 5.92 Å². The fourth-order valence-electron chi connectivity index (χ4n) is 4.73. The van der Waals surface area contributed by atoms with Crippen LogP contribution in [0.5, 0.6) is 0 Å². The minimum absolute atomic E-state index is 0.290. The van der Waals surface area contributed by atoms with Crippen LogP contribution in [0, 0.1) is 12.8 Å². The second-order valence-electron chi connectivity index (χ2n) is 8.07. The lowest BCUT2D eigenvalue weighted by molar-refractivity contribution is -0.0232. The van der Waals surface area contributed by atoms with Crippen LogP contribution in [0.4, 0.5) is 0 Å². The number of ether oxygens (including phenoxy) is 1. The monoisotopic (exact) mass is 372 g/mol. The van der Waals surface area contributed by atoms with Gasteiger partial charge in [0.1, 0.15) is 5.65 Å². The number of morpholine rings is 1. The van der Waals surface area contributed by atoms with Crippen molar-refractivity contribution in [3.63, 3.8) is 0 Å². The van der Waals surface area contributed by atoms with Gasteiger partial charge in [0.15, 0.2) is 0 Å². The maximum atomic E-state index is 9.34. The van der Waals surface area contributed by atoms with Crippen LogP contribution in [-0.4, -0.2) is 76.3 Å². The van der Waals surface area contributed by atoms with E-state index in [9.17, 15) is 5.11 Å². The lowest BCUT2D eigenvalue weighted by Gasteiger charge is -2.45. The lowest BCUT2D eigenvalue weighted by Crippen LogP contribution is -2.53. The van der Waals surface area contributed by atoms with E-state index in [1.54, 1.807) is 0 Å². The van der Waals surface area contributed by atoms with Crippen LogP contribution in [0.1, 0.15) is 30.5 Å². The van der Waals surface area contributed by atoms with Crippen molar-refractivity contribution >= 4 is 5.65 Å². The minimum atomic E-state index is 0.290. The summed E-state index contributed by atoms with van der Waals surface area (Å²) in [5.74, 6) is 0.614. The number of hydrogen-bond donors (Lipinski definition) is 1. The molecule has 0 bridgehead atoms. The topological polar surface area (TPSA) is 53.2 Å². The molecule has 0 spiro atoms. The molecule has 27 heavy (non-hydrogen) atoms. The molecule has 0 saturated carbocycles. The molecule has 2 aromatic heterocycles. The van der Waals surface area contributed by atoms with Crippen LogP contribution < -0.4 is 0 Å². The van der Waals surface area contributed by atoms with Crippen molar-refractivity contribution in [2.45, 2.75) is 38.8 Å². The smallest absolute Gasteiger partial charge is 0.137 e. The molecule has 2 aliphatic rings. The van der Waals surface area contributed by atoms with E-state index in [1.165, 1.54) is 12.0 Å². The van der Waals surface area contributed by atoms with Crippen LogP contribution >= 0.6 is 0 Å². The average Bonchev–Trinajstić information content (AvgIpc) is 3.08. The zero-order chi connectivity index (χ0) is 18.6. The second-order valence-corrected chi connectivity index (χ2v) is 8.07. The van der Waals surface area contributed by atoms with Gasteiger partial charge in [-0.15, -0.1) is 0 Å². The second kappa shape index (κ2) is 8.69. The highest BCUT2D eigenvalue weighted by Crippen LogP contribution is 2.27. The molecule has 2 fully saturated rings. The molecule has 4 rings (SSSR count). The van der Waals surface area contributed by atoms with E-state index in [2.05, 4.69) is 45.7 Å². The quantitative estimate of drug-likeness (QED) is 0.840. The van der Waals surface area contributed by atoms with Crippen molar-refractivity contribution in [1.29, 1.82) is 0 Å². The van der Waals surface area contributed by atoms with Crippen molar-refractivity contribution in [2.75, 3.05) is 46.0 Å². The van der Waals surface area contributed by atoms with E-state index in [4.69, 9.17) is 9.72 Å². The number of imidazole rings is 1. The van der Waals surface area contributed by atoms with Gasteiger partial charge in [-0.25, -0.2) is 4.98 Å². The molecule has 0 aromatic carbocycles. The van der Waals surface area contributed by atoms with Crippen molar-refractivity contribution in [3.8, 4) is 0 Å². The van der Waals surface area contributed by atoms with Gasteiger partial charge in [0.2, 0.25) is 0 Å². The molecule has 2 aliphatic heterocycles. The molecule has 2 atom stereocenters. The highest BCUT2D eigenvalue weighted by Gasteiger charge is 2.33. The summed E-state index contributed by atoms with van der Waals surface area (Å²) in [6.45, 7) is 9.32. The first-order valence-corrected chi connectivity index (χ1v) is 10.3. The molecule has 0 amide bonds. The summed E-state index contributed by atoms with van der Waals surface area (Å²) in [5.41, 5.74) is 3.42. The molecule has 4 heterocycles. The number of aromatic nitrogens is 2. The molecule has 6 heteroatoms. The van der Waals surface area contributed by atoms with E-state index in [1.807, 2.05) is 0 Å². The van der Waals surface area contributed by atoms with E-state index >= 15 is 0 Å². The van der Waals surface area contributed by atoms with Crippen LogP contribution in [0.3, 0.4) is 0 Å². The van der Waals surface area contributed by atoms with Crippen LogP contribution in [0.15, 0.2) is 24.5 Å². The predicted molar refractivity (Wildman–Crippen MR) is 106 cm³/mol. The Morgan fingerprint density at radius 1 is 1.19 bits per heavy atom. The number of hydrogen-bond acceptors (Lipinski definition) is 5. The number of fused-ring (bicyclic) bond motifs is 1. The first-order valence-electron chi connectivity index (χ1n) is 10.3. The summed E-state index contributed by atoms with van der Waals surface area (Å²) < 4.78 is 7.67. The predicted octanol–water partition coefficient (Wildman–Crippen LogP) is 1.94. The number of likely N-dealkylation sites (tertiary alicyclic amines) is 1. The Labute approximate surface area is 161 Å². The first-order chi connectivity index (χ1) is 13.2. The number of nitrogens with zero attached hydrogens (tertiary/aromatic N) is 4. The largest absolute Gasteiger partial charge is 0.396 e. The van der Waals surface area contributed by atoms with Crippen LogP contribution in [0.2, 0.25) is 0 Å². The molecule has 1 N–H and O–H groups in total. The van der Waals surface area contributed by atoms with Gasteiger partial charge in [-0.05, 0) is 43.7 Å². The van der Waals surface area contributed by atoms with Crippen molar-refractivity contribution in [1.82, 2.24) is 19.2 Å². The molecule has 148 valence electrons. The first kappa shape index (κ1) is 18.9. The molecular formula is C21H32N4O2. The highest BCUT2D eigenvalue weighted by atomic mass is 16.5. The van der Waals surface area contributed by atoms with Gasteiger partial charge in [-0.1, -0.05) is 6.07 Å². The molecule has 2 aromatic rings. The van der Waals surface area contributed by atoms with E-state index in [-0.39, 0.29) is 6.61 Å². The summed E-state index contributed by atoms with van der Waals surface area (Å²) in [6, 6.07) is 4.83. The third-order valence-corrected chi connectivity index (χ3v) is 6.06. The Balaban J connectivity index is 1.42. The number of aliphatic hydroxyl groups is 1. The standard InChI is InChI=1S/C21H32N4O2/c1-17-4-5-21-22-19(16-25(21)13-17)15-23-7-6-20(18(14-23)3-2-10-26)24-8-11-27-12-9-24/h4-5,13,16,18,20,26H,2-3,6-12,14-15H2,1H3/t18-,20+/m1/s1. The van der Waals surface area contributed by atoms with Gasteiger partial charge in [-0.2, -0.15) is 0 Å². The van der Waals surface area contributed by atoms with Gasteiger partial charge in [0.25, 0.3) is 0 Å². The molecule has 0 unspecified atom stereocenters.